The van der Waals surface area contributed by atoms with E-state index in [1.54, 1.807) is 62.4 Å². The summed E-state index contributed by atoms with van der Waals surface area (Å²) in [4.78, 5) is 37.3. The van der Waals surface area contributed by atoms with E-state index in [2.05, 4.69) is 5.32 Å². The average molecular weight is 404 g/mol. The van der Waals surface area contributed by atoms with Crippen molar-refractivity contribution in [2.24, 2.45) is 5.92 Å². The van der Waals surface area contributed by atoms with Gasteiger partial charge in [-0.2, -0.15) is 0 Å². The Morgan fingerprint density at radius 3 is 2.21 bits per heavy atom. The molecule has 6 nitrogen and oxygen atoms in total. The van der Waals surface area contributed by atoms with Crippen LogP contribution < -0.4 is 10.1 Å². The highest BCUT2D eigenvalue weighted by Gasteiger charge is 2.27. The van der Waals surface area contributed by atoms with Gasteiger partial charge in [-0.1, -0.05) is 49.7 Å². The zero-order valence-electron chi connectivity index (χ0n) is 15.9. The first kappa shape index (κ1) is 21.4. The van der Waals surface area contributed by atoms with Gasteiger partial charge in [-0.05, 0) is 30.2 Å². The molecule has 0 unspecified atom stereocenters. The number of esters is 1. The number of ketones is 1. The summed E-state index contributed by atoms with van der Waals surface area (Å²) >= 11 is 6.03. The Morgan fingerprint density at radius 2 is 1.61 bits per heavy atom. The van der Waals surface area contributed by atoms with Gasteiger partial charge >= 0.3 is 5.97 Å². The third-order valence-corrected chi connectivity index (χ3v) is 4.41. The second-order valence-electron chi connectivity index (χ2n) is 6.41. The van der Waals surface area contributed by atoms with Crippen LogP contribution in [0, 0.1) is 5.92 Å². The van der Waals surface area contributed by atoms with Crippen LogP contribution in [0.4, 0.5) is 0 Å². The number of benzene rings is 2. The molecular weight excluding hydrogens is 382 g/mol. The molecule has 0 saturated carbocycles. The highest BCUT2D eigenvalue weighted by atomic mass is 35.5. The zero-order chi connectivity index (χ0) is 20.7. The van der Waals surface area contributed by atoms with Crippen LogP contribution in [0.3, 0.4) is 0 Å². The maximum Gasteiger partial charge on any atom is 0.329 e. The molecule has 148 valence electrons. The fraction of sp³-hybridized carbons (Fsp3) is 0.286. The van der Waals surface area contributed by atoms with Gasteiger partial charge in [-0.3, -0.25) is 9.59 Å². The lowest BCUT2D eigenvalue weighted by molar-refractivity contribution is -0.145. The number of hydrogen-bond donors (Lipinski definition) is 1. The Balaban J connectivity index is 2.04. The molecular formula is C21H22ClNO5. The third-order valence-electron chi connectivity index (χ3n) is 4.08. The molecule has 1 amide bonds. The van der Waals surface area contributed by atoms with Crippen molar-refractivity contribution < 1.29 is 23.9 Å². The Labute approximate surface area is 168 Å². The van der Waals surface area contributed by atoms with Crippen molar-refractivity contribution in [2.75, 3.05) is 13.7 Å². The summed E-state index contributed by atoms with van der Waals surface area (Å²) in [5.74, 6) is -1.43. The number of Topliss-reactive ketones (excluding diaryl/α,β-unsaturated/α-hetero) is 1. The van der Waals surface area contributed by atoms with Crippen molar-refractivity contribution in [1.29, 1.82) is 0 Å². The Morgan fingerprint density at radius 1 is 1.00 bits per heavy atom. The van der Waals surface area contributed by atoms with Crippen LogP contribution in [0.2, 0.25) is 5.02 Å². The smallest absolute Gasteiger partial charge is 0.329 e. The molecule has 0 aromatic heterocycles. The first-order valence-electron chi connectivity index (χ1n) is 8.73. The number of carbonyl (C=O) groups excluding carboxylic acids is 3. The normalized spacial score (nSPS) is 11.6. The summed E-state index contributed by atoms with van der Waals surface area (Å²) < 4.78 is 10.3. The molecule has 0 aliphatic rings. The van der Waals surface area contributed by atoms with Gasteiger partial charge in [0.25, 0.3) is 5.91 Å². The molecule has 0 radical (unpaired) electrons. The molecule has 1 N–H and O–H groups in total. The minimum absolute atomic E-state index is 0.250. The van der Waals surface area contributed by atoms with Crippen molar-refractivity contribution in [3.05, 3.63) is 64.7 Å². The van der Waals surface area contributed by atoms with Crippen LogP contribution in [0.5, 0.6) is 5.75 Å². The predicted octanol–water partition coefficient (Wildman–Crippen LogP) is 3.53. The fourth-order valence-corrected chi connectivity index (χ4v) is 2.76. The van der Waals surface area contributed by atoms with Gasteiger partial charge < -0.3 is 14.8 Å². The summed E-state index contributed by atoms with van der Waals surface area (Å²) in [6.07, 6.45) is 0. The van der Waals surface area contributed by atoms with Crippen LogP contribution in [0.25, 0.3) is 0 Å². The Kier molecular flexibility index (Phi) is 7.58. The monoisotopic (exact) mass is 403 g/mol. The largest absolute Gasteiger partial charge is 0.496 e. The molecule has 0 spiro atoms. The lowest BCUT2D eigenvalue weighted by Crippen LogP contribution is -2.45. The summed E-state index contributed by atoms with van der Waals surface area (Å²) in [6, 6.07) is 12.3. The third kappa shape index (κ3) is 5.33. The topological polar surface area (TPSA) is 81.7 Å². The van der Waals surface area contributed by atoms with Crippen molar-refractivity contribution in [1.82, 2.24) is 5.32 Å². The Bertz CT molecular complexity index is 865. The summed E-state index contributed by atoms with van der Waals surface area (Å²) in [5, 5.41) is 2.91. The second kappa shape index (κ2) is 9.90. The maximum absolute atomic E-state index is 12.5. The quantitative estimate of drug-likeness (QED) is 0.538. The van der Waals surface area contributed by atoms with Gasteiger partial charge in [0.1, 0.15) is 11.8 Å². The van der Waals surface area contributed by atoms with Crippen molar-refractivity contribution in [2.45, 2.75) is 19.9 Å². The minimum Gasteiger partial charge on any atom is -0.496 e. The molecule has 2 aromatic rings. The van der Waals surface area contributed by atoms with E-state index >= 15 is 0 Å². The van der Waals surface area contributed by atoms with E-state index in [0.29, 0.717) is 11.3 Å². The summed E-state index contributed by atoms with van der Waals surface area (Å²) in [5.41, 5.74) is 0.576. The molecule has 0 aliphatic carbocycles. The van der Waals surface area contributed by atoms with E-state index in [4.69, 9.17) is 21.1 Å². The lowest BCUT2D eigenvalue weighted by Gasteiger charge is -2.21. The highest BCUT2D eigenvalue weighted by Crippen LogP contribution is 2.18. The zero-order valence-corrected chi connectivity index (χ0v) is 16.7. The van der Waals surface area contributed by atoms with Gasteiger partial charge in [0.05, 0.1) is 23.3 Å². The Hall–Kier alpha value is -2.86. The van der Waals surface area contributed by atoms with Crippen LogP contribution in [0.15, 0.2) is 48.5 Å². The summed E-state index contributed by atoms with van der Waals surface area (Å²) in [7, 11) is 1.46. The van der Waals surface area contributed by atoms with E-state index in [1.807, 2.05) is 0 Å². The minimum atomic E-state index is -0.922. The molecule has 7 heteroatoms. The van der Waals surface area contributed by atoms with Gasteiger partial charge in [0.15, 0.2) is 6.61 Å². The van der Waals surface area contributed by atoms with Gasteiger partial charge in [-0.15, -0.1) is 0 Å². The molecule has 2 aromatic carbocycles. The van der Waals surface area contributed by atoms with Crippen LogP contribution in [-0.2, 0) is 9.53 Å². The fourth-order valence-electron chi connectivity index (χ4n) is 2.54. The van der Waals surface area contributed by atoms with Crippen LogP contribution in [-0.4, -0.2) is 37.4 Å². The number of hydrogen-bond acceptors (Lipinski definition) is 5. The predicted molar refractivity (Wildman–Crippen MR) is 106 cm³/mol. The number of halogens is 1. The molecule has 0 fully saturated rings. The van der Waals surface area contributed by atoms with Crippen molar-refractivity contribution in [3.63, 3.8) is 0 Å². The van der Waals surface area contributed by atoms with Crippen molar-refractivity contribution >= 4 is 29.3 Å². The van der Waals surface area contributed by atoms with Crippen LogP contribution >= 0.6 is 11.6 Å². The molecule has 0 bridgehead atoms. The molecule has 1 atom stereocenters. The first-order chi connectivity index (χ1) is 13.3. The van der Waals surface area contributed by atoms with Crippen molar-refractivity contribution in [3.8, 4) is 5.75 Å². The number of para-hydroxylation sites is 1. The summed E-state index contributed by atoms with van der Waals surface area (Å²) in [6.45, 7) is 3.08. The number of carbonyl (C=O) groups is 3. The molecule has 0 heterocycles. The standard InChI is InChI=1S/C21H22ClNO5/c1-13(2)19(23-20(25)14-8-4-6-10-16(14)22)21(26)28-12-17(24)15-9-5-7-11-18(15)27-3/h4-11,13,19H,12H2,1-3H3,(H,23,25)/t19-/m0/s1. The van der Waals surface area contributed by atoms with Gasteiger partial charge in [0.2, 0.25) is 5.78 Å². The van der Waals surface area contributed by atoms with Crippen LogP contribution in [0.1, 0.15) is 34.6 Å². The van der Waals surface area contributed by atoms with E-state index < -0.39 is 30.3 Å². The molecule has 28 heavy (non-hydrogen) atoms. The van der Waals surface area contributed by atoms with E-state index in [1.165, 1.54) is 7.11 Å². The number of rotatable bonds is 8. The number of nitrogens with one attached hydrogen (secondary N) is 1. The molecule has 0 saturated heterocycles. The number of methoxy groups -OCH3 is 1. The average Bonchev–Trinajstić information content (AvgIpc) is 2.69. The highest BCUT2D eigenvalue weighted by molar-refractivity contribution is 6.33. The van der Waals surface area contributed by atoms with Gasteiger partial charge in [-0.25, -0.2) is 4.79 Å². The lowest BCUT2D eigenvalue weighted by atomic mass is 10.0. The van der Waals surface area contributed by atoms with E-state index in [0.717, 1.165) is 0 Å². The maximum atomic E-state index is 12.5. The van der Waals surface area contributed by atoms with E-state index in [9.17, 15) is 14.4 Å². The molecule has 0 aliphatic heterocycles. The SMILES string of the molecule is COc1ccccc1C(=O)COC(=O)[C@@H](NC(=O)c1ccccc1Cl)C(C)C. The first-order valence-corrected chi connectivity index (χ1v) is 9.11. The molecule has 2 rings (SSSR count). The van der Waals surface area contributed by atoms with E-state index in [-0.39, 0.29) is 16.5 Å². The van der Waals surface area contributed by atoms with Gasteiger partial charge in [0, 0.05) is 0 Å². The number of amides is 1. The second-order valence-corrected chi connectivity index (χ2v) is 6.81. The number of ether oxygens (including phenoxy) is 2.